The number of rotatable bonds is 9. The molecule has 0 bridgehead atoms. The Morgan fingerprint density at radius 1 is 1.24 bits per heavy atom. The third-order valence-electron chi connectivity index (χ3n) is 6.49. The van der Waals surface area contributed by atoms with Gasteiger partial charge in [0.15, 0.2) is 5.79 Å². The molecule has 1 aromatic carbocycles. The lowest BCUT2D eigenvalue weighted by atomic mass is 9.99. The van der Waals surface area contributed by atoms with Crippen LogP contribution in [0.1, 0.15) is 40.5 Å². The first-order chi connectivity index (χ1) is 16.2. The normalized spacial score (nSPS) is 27.4. The van der Waals surface area contributed by atoms with Crippen LogP contribution in [0.3, 0.4) is 0 Å². The molecule has 186 valence electrons. The van der Waals surface area contributed by atoms with Gasteiger partial charge in [-0.3, -0.25) is 10.0 Å². The lowest BCUT2D eigenvalue weighted by Gasteiger charge is -2.28. The number of hydrogen-bond acceptors (Lipinski definition) is 9. The molecule has 2 aliphatic rings. The number of carbonyl (C=O) groups excluding carboxylic acids is 1. The highest BCUT2D eigenvalue weighted by atomic mass is 16.8. The Labute approximate surface area is 199 Å². The predicted octanol–water partition coefficient (Wildman–Crippen LogP) is 1.61. The van der Waals surface area contributed by atoms with E-state index in [0.29, 0.717) is 23.9 Å². The third-order valence-corrected chi connectivity index (χ3v) is 6.49. The van der Waals surface area contributed by atoms with Crippen molar-refractivity contribution >= 4 is 5.91 Å². The molecule has 3 N–H and O–H groups in total. The van der Waals surface area contributed by atoms with Gasteiger partial charge in [-0.05, 0) is 31.4 Å². The van der Waals surface area contributed by atoms with Gasteiger partial charge in [-0.15, -0.1) is 10.2 Å². The minimum Gasteiger partial charge on any atom is -0.367 e. The van der Waals surface area contributed by atoms with Crippen LogP contribution in [0.25, 0.3) is 11.4 Å². The molecule has 1 aromatic heterocycles. The molecule has 0 saturated carbocycles. The summed E-state index contributed by atoms with van der Waals surface area (Å²) in [6, 6.07) is 8.86. The highest BCUT2D eigenvalue weighted by molar-refractivity contribution is 5.80. The Morgan fingerprint density at radius 2 is 1.91 bits per heavy atom. The Kier molecular flexibility index (Phi) is 7.29. The Balaban J connectivity index is 1.40. The predicted molar refractivity (Wildman–Crippen MR) is 121 cm³/mol. The van der Waals surface area contributed by atoms with Gasteiger partial charge in [0.1, 0.15) is 18.3 Å². The van der Waals surface area contributed by atoms with Gasteiger partial charge in [0, 0.05) is 5.56 Å². The number of amides is 1. The van der Waals surface area contributed by atoms with Crippen molar-refractivity contribution in [2.24, 2.45) is 11.7 Å². The molecule has 0 radical (unpaired) electrons. The molecule has 1 amide bonds. The van der Waals surface area contributed by atoms with Crippen molar-refractivity contribution in [3.63, 3.8) is 0 Å². The third kappa shape index (κ3) is 5.28. The molecular weight excluding hydrogens is 440 g/mol. The topological polar surface area (TPSA) is 138 Å². The minimum absolute atomic E-state index is 0.0481. The zero-order chi connectivity index (χ0) is 24.5. The highest BCUT2D eigenvalue weighted by Gasteiger charge is 2.55. The van der Waals surface area contributed by atoms with Crippen LogP contribution in [-0.2, 0) is 25.5 Å². The monoisotopic (exact) mass is 474 g/mol. The highest BCUT2D eigenvalue weighted by Crippen LogP contribution is 2.40. The fourth-order valence-corrected chi connectivity index (χ4v) is 4.36. The SMILES string of the molecule is CC[C@H](C)[C@H](N)C(=O)N(O)C[C@H]1O[C@@H](CCn2nnc(-c3ccccc3)n2)[C@@H]2OC(C)(C)O[C@@H]21. The quantitative estimate of drug-likeness (QED) is 0.410. The maximum atomic E-state index is 12.6. The number of benzene rings is 1. The Bertz CT molecular complexity index is 970. The molecular formula is C23H34N6O5. The average molecular weight is 475 g/mol. The van der Waals surface area contributed by atoms with Crippen molar-refractivity contribution < 1.29 is 24.2 Å². The van der Waals surface area contributed by atoms with Gasteiger partial charge in [0.05, 0.1) is 25.2 Å². The van der Waals surface area contributed by atoms with E-state index in [-0.39, 0.29) is 24.7 Å². The van der Waals surface area contributed by atoms with Crippen LogP contribution in [0, 0.1) is 5.92 Å². The molecule has 0 spiro atoms. The van der Waals surface area contributed by atoms with Crippen LogP contribution in [-0.4, -0.2) is 79.2 Å². The standard InChI is InChI=1S/C23H34N6O5/c1-5-14(2)18(24)22(30)28(31)13-17-20-19(33-23(3,4)34-20)16(32-17)11-12-29-26-21(25-27-29)15-9-7-6-8-10-15/h6-10,14,16-20,31H,5,11-13,24H2,1-4H3/t14-,16-,17+,18-,19-,20+/m0/s1. The van der Waals surface area contributed by atoms with E-state index < -0.39 is 29.9 Å². The molecule has 2 aromatic rings. The molecule has 6 atom stereocenters. The molecule has 2 fully saturated rings. The minimum atomic E-state index is -0.793. The summed E-state index contributed by atoms with van der Waals surface area (Å²) in [6.45, 7) is 7.92. The Morgan fingerprint density at radius 3 is 2.59 bits per heavy atom. The number of hydrogen-bond donors (Lipinski definition) is 2. The van der Waals surface area contributed by atoms with Crippen molar-refractivity contribution in [1.82, 2.24) is 25.3 Å². The number of aromatic nitrogens is 4. The zero-order valence-electron chi connectivity index (χ0n) is 20.1. The molecule has 11 nitrogen and oxygen atoms in total. The number of fused-ring (bicyclic) bond motifs is 1. The molecule has 0 aliphatic carbocycles. The molecule has 3 heterocycles. The van der Waals surface area contributed by atoms with Gasteiger partial charge in [-0.1, -0.05) is 50.6 Å². The van der Waals surface area contributed by atoms with E-state index >= 15 is 0 Å². The van der Waals surface area contributed by atoms with Gasteiger partial charge in [0.25, 0.3) is 5.91 Å². The van der Waals surface area contributed by atoms with Crippen molar-refractivity contribution in [2.75, 3.05) is 6.54 Å². The maximum Gasteiger partial charge on any atom is 0.263 e. The number of carbonyl (C=O) groups is 1. The average Bonchev–Trinajstić information content (AvgIpc) is 3.51. The van der Waals surface area contributed by atoms with Crippen molar-refractivity contribution in [3.8, 4) is 11.4 Å². The van der Waals surface area contributed by atoms with Crippen LogP contribution in [0.5, 0.6) is 0 Å². The van der Waals surface area contributed by atoms with E-state index in [1.165, 1.54) is 4.80 Å². The van der Waals surface area contributed by atoms with Gasteiger partial charge in [-0.2, -0.15) is 4.80 Å². The maximum absolute atomic E-state index is 12.6. The van der Waals surface area contributed by atoms with Crippen LogP contribution in [0.15, 0.2) is 30.3 Å². The summed E-state index contributed by atoms with van der Waals surface area (Å²) < 4.78 is 18.4. The second kappa shape index (κ2) is 10.0. The molecule has 2 saturated heterocycles. The van der Waals surface area contributed by atoms with E-state index in [1.807, 2.05) is 58.0 Å². The van der Waals surface area contributed by atoms with Crippen LogP contribution >= 0.6 is 0 Å². The van der Waals surface area contributed by atoms with Crippen molar-refractivity contribution in [1.29, 1.82) is 0 Å². The second-order valence-electron chi connectivity index (χ2n) is 9.47. The summed E-state index contributed by atoms with van der Waals surface area (Å²) in [6.07, 6.45) is -0.364. The summed E-state index contributed by atoms with van der Waals surface area (Å²) in [5.74, 6) is -0.819. The van der Waals surface area contributed by atoms with Gasteiger partial charge in [0.2, 0.25) is 5.82 Å². The number of aryl methyl sites for hydroxylation is 1. The van der Waals surface area contributed by atoms with Crippen molar-refractivity contribution in [3.05, 3.63) is 30.3 Å². The summed E-state index contributed by atoms with van der Waals surface area (Å²) in [7, 11) is 0. The summed E-state index contributed by atoms with van der Waals surface area (Å²) in [5, 5.41) is 23.8. The molecule has 11 heteroatoms. The largest absolute Gasteiger partial charge is 0.367 e. The van der Waals surface area contributed by atoms with Crippen LogP contribution in [0.2, 0.25) is 0 Å². The van der Waals surface area contributed by atoms with Crippen molar-refractivity contribution in [2.45, 2.75) is 83.3 Å². The molecule has 4 rings (SSSR count). The van der Waals surface area contributed by atoms with E-state index in [4.69, 9.17) is 19.9 Å². The number of nitrogens with zero attached hydrogens (tertiary/aromatic N) is 5. The fourth-order valence-electron chi connectivity index (χ4n) is 4.36. The number of ether oxygens (including phenoxy) is 3. The van der Waals surface area contributed by atoms with Crippen LogP contribution in [0.4, 0.5) is 0 Å². The summed E-state index contributed by atoms with van der Waals surface area (Å²) in [4.78, 5) is 14.1. The summed E-state index contributed by atoms with van der Waals surface area (Å²) in [5.41, 5.74) is 6.90. The fraction of sp³-hybridized carbons (Fsp3) is 0.652. The van der Waals surface area contributed by atoms with E-state index in [9.17, 15) is 10.0 Å². The molecule has 34 heavy (non-hydrogen) atoms. The number of nitrogens with two attached hydrogens (primary N) is 1. The van der Waals surface area contributed by atoms with E-state index in [0.717, 1.165) is 12.0 Å². The van der Waals surface area contributed by atoms with Gasteiger partial charge < -0.3 is 19.9 Å². The lowest BCUT2D eigenvalue weighted by Crippen LogP contribution is -2.49. The zero-order valence-corrected chi connectivity index (χ0v) is 20.1. The first-order valence-electron chi connectivity index (χ1n) is 11.8. The lowest BCUT2D eigenvalue weighted by molar-refractivity contribution is -0.203. The van der Waals surface area contributed by atoms with Crippen LogP contribution < -0.4 is 5.73 Å². The van der Waals surface area contributed by atoms with E-state index in [2.05, 4.69) is 15.4 Å². The summed E-state index contributed by atoms with van der Waals surface area (Å²) >= 11 is 0. The molecule has 0 unspecified atom stereocenters. The Hall–Kier alpha value is -2.44. The first-order valence-corrected chi connectivity index (χ1v) is 11.8. The molecule has 2 aliphatic heterocycles. The smallest absolute Gasteiger partial charge is 0.263 e. The van der Waals surface area contributed by atoms with Gasteiger partial charge in [-0.25, -0.2) is 5.06 Å². The first kappa shape index (κ1) is 24.7. The van der Waals surface area contributed by atoms with Gasteiger partial charge >= 0.3 is 0 Å². The number of tetrazole rings is 1. The van der Waals surface area contributed by atoms with E-state index in [1.54, 1.807) is 0 Å². The second-order valence-corrected chi connectivity index (χ2v) is 9.47. The number of hydroxylamine groups is 2.